The molecular weight excluding hydrogens is 218 g/mol. The van der Waals surface area contributed by atoms with Crippen LogP contribution >= 0.6 is 0 Å². The topological polar surface area (TPSA) is 54.5 Å². The van der Waals surface area contributed by atoms with Crippen LogP contribution < -0.4 is 0 Å². The van der Waals surface area contributed by atoms with E-state index < -0.39 is 17.9 Å². The molecule has 0 unspecified atom stereocenters. The Morgan fingerprint density at radius 1 is 1.18 bits per heavy atom. The molecular formula is C13H11NO3. The number of carbonyl (C=O) groups is 3. The number of hydrogen-bond acceptors (Lipinski definition) is 3. The van der Waals surface area contributed by atoms with Crippen molar-refractivity contribution in [2.24, 2.45) is 0 Å². The largest absolute Gasteiger partial charge is 0.301 e. The molecule has 0 aromatic heterocycles. The Bertz CT molecular complexity index is 472. The van der Waals surface area contributed by atoms with E-state index in [0.29, 0.717) is 17.4 Å². The average Bonchev–Trinajstić information content (AvgIpc) is 2.61. The summed E-state index contributed by atoms with van der Waals surface area (Å²) >= 11 is 0. The van der Waals surface area contributed by atoms with Crippen molar-refractivity contribution < 1.29 is 14.4 Å². The Morgan fingerprint density at radius 3 is 2.12 bits per heavy atom. The number of carbonyl (C=O) groups excluding carboxylic acids is 3. The van der Waals surface area contributed by atoms with Gasteiger partial charge in [0, 0.05) is 0 Å². The van der Waals surface area contributed by atoms with Gasteiger partial charge in [0.2, 0.25) is 0 Å². The van der Waals surface area contributed by atoms with E-state index in [4.69, 9.17) is 0 Å². The number of fused-ring (bicyclic) bond motifs is 1. The van der Waals surface area contributed by atoms with Crippen LogP contribution in [0.5, 0.6) is 0 Å². The molecule has 0 spiro atoms. The highest BCUT2D eigenvalue weighted by Gasteiger charge is 2.39. The second kappa shape index (κ2) is 4.33. The molecule has 17 heavy (non-hydrogen) atoms. The molecule has 0 saturated heterocycles. The van der Waals surface area contributed by atoms with Crippen molar-refractivity contribution in [3.63, 3.8) is 0 Å². The Morgan fingerprint density at radius 2 is 1.71 bits per heavy atom. The molecule has 0 fully saturated rings. The van der Waals surface area contributed by atoms with Gasteiger partial charge in [0.15, 0.2) is 0 Å². The highest BCUT2D eigenvalue weighted by atomic mass is 16.2. The molecule has 2 rings (SSSR count). The Labute approximate surface area is 98.5 Å². The van der Waals surface area contributed by atoms with Crippen molar-refractivity contribution in [3.8, 4) is 0 Å². The molecule has 4 heteroatoms. The number of hydrogen-bond donors (Lipinski definition) is 0. The van der Waals surface area contributed by atoms with Crippen LogP contribution in [0.2, 0.25) is 0 Å². The van der Waals surface area contributed by atoms with Crippen molar-refractivity contribution in [1.29, 1.82) is 0 Å². The smallest absolute Gasteiger partial charge is 0.262 e. The molecule has 86 valence electrons. The molecule has 0 radical (unpaired) electrons. The van der Waals surface area contributed by atoms with E-state index in [9.17, 15) is 14.4 Å². The fourth-order valence-electron chi connectivity index (χ4n) is 1.90. The third-order valence-electron chi connectivity index (χ3n) is 2.72. The van der Waals surface area contributed by atoms with Crippen molar-refractivity contribution in [2.75, 3.05) is 0 Å². The maximum Gasteiger partial charge on any atom is 0.262 e. The summed E-state index contributed by atoms with van der Waals surface area (Å²) in [6, 6.07) is 5.80. The van der Waals surface area contributed by atoms with Crippen molar-refractivity contribution in [2.45, 2.75) is 12.5 Å². The summed E-state index contributed by atoms with van der Waals surface area (Å²) < 4.78 is 0. The standard InChI is InChI=1S/C13H11NO3/c1-2-5-9(8-15)14-12(16)10-6-3-4-7-11(10)13(14)17/h2-4,6-9H,1,5H2/t9-/m1/s1. The predicted octanol–water partition coefficient (Wildman–Crippen LogP) is 1.43. The molecule has 1 aliphatic rings. The SMILES string of the molecule is C=CC[C@H](C=O)N1C(=O)c2ccccc2C1=O. The fourth-order valence-corrected chi connectivity index (χ4v) is 1.90. The Kier molecular flexibility index (Phi) is 2.87. The first-order valence-corrected chi connectivity index (χ1v) is 5.23. The zero-order valence-corrected chi connectivity index (χ0v) is 9.13. The molecule has 1 heterocycles. The van der Waals surface area contributed by atoms with Gasteiger partial charge in [-0.15, -0.1) is 6.58 Å². The van der Waals surface area contributed by atoms with E-state index in [1.54, 1.807) is 24.3 Å². The monoisotopic (exact) mass is 229 g/mol. The van der Waals surface area contributed by atoms with Crippen LogP contribution in [0.1, 0.15) is 27.1 Å². The molecule has 0 N–H and O–H groups in total. The van der Waals surface area contributed by atoms with E-state index in [-0.39, 0.29) is 6.42 Å². The molecule has 0 saturated carbocycles. The number of amides is 2. The van der Waals surface area contributed by atoms with E-state index in [1.807, 2.05) is 0 Å². The highest BCUT2D eigenvalue weighted by Crippen LogP contribution is 2.24. The van der Waals surface area contributed by atoms with Gasteiger partial charge in [-0.25, -0.2) is 0 Å². The minimum Gasteiger partial charge on any atom is -0.301 e. The molecule has 1 atom stereocenters. The molecule has 0 aliphatic carbocycles. The second-order valence-corrected chi connectivity index (χ2v) is 3.75. The summed E-state index contributed by atoms with van der Waals surface area (Å²) in [4.78, 5) is 35.9. The number of aldehydes is 1. The Balaban J connectivity index is 2.41. The molecule has 1 aromatic carbocycles. The van der Waals surface area contributed by atoms with E-state index in [2.05, 4.69) is 6.58 Å². The summed E-state index contributed by atoms with van der Waals surface area (Å²) in [6.07, 6.45) is 2.39. The van der Waals surface area contributed by atoms with E-state index in [1.165, 1.54) is 6.08 Å². The second-order valence-electron chi connectivity index (χ2n) is 3.75. The summed E-state index contributed by atoms with van der Waals surface area (Å²) in [7, 11) is 0. The number of rotatable bonds is 4. The van der Waals surface area contributed by atoms with Gasteiger partial charge in [-0.1, -0.05) is 18.2 Å². The van der Waals surface area contributed by atoms with Gasteiger partial charge < -0.3 is 4.79 Å². The maximum atomic E-state index is 12.0. The normalized spacial score (nSPS) is 15.6. The highest BCUT2D eigenvalue weighted by molar-refractivity contribution is 6.22. The summed E-state index contributed by atoms with van der Waals surface area (Å²) in [5, 5.41) is 0. The molecule has 1 aliphatic heterocycles. The third-order valence-corrected chi connectivity index (χ3v) is 2.72. The minimum absolute atomic E-state index is 0.273. The van der Waals surface area contributed by atoms with Gasteiger partial charge in [0.05, 0.1) is 17.2 Å². The Hall–Kier alpha value is -2.23. The van der Waals surface area contributed by atoms with Gasteiger partial charge in [-0.05, 0) is 18.6 Å². The lowest BCUT2D eigenvalue weighted by Crippen LogP contribution is -2.40. The average molecular weight is 229 g/mol. The van der Waals surface area contributed by atoms with Crippen LogP contribution in [0, 0.1) is 0 Å². The minimum atomic E-state index is -0.764. The zero-order chi connectivity index (χ0) is 12.4. The van der Waals surface area contributed by atoms with Crippen molar-refractivity contribution in [1.82, 2.24) is 4.90 Å². The fraction of sp³-hybridized carbons (Fsp3) is 0.154. The summed E-state index contributed by atoms with van der Waals surface area (Å²) in [5.41, 5.74) is 0.710. The predicted molar refractivity (Wildman–Crippen MR) is 61.6 cm³/mol. The van der Waals surface area contributed by atoms with Gasteiger partial charge >= 0.3 is 0 Å². The number of nitrogens with zero attached hydrogens (tertiary/aromatic N) is 1. The van der Waals surface area contributed by atoms with Crippen molar-refractivity contribution >= 4 is 18.1 Å². The van der Waals surface area contributed by atoms with Crippen LogP contribution in [0.4, 0.5) is 0 Å². The zero-order valence-electron chi connectivity index (χ0n) is 9.13. The lowest BCUT2D eigenvalue weighted by molar-refractivity contribution is -0.111. The number of benzene rings is 1. The van der Waals surface area contributed by atoms with Gasteiger partial charge in [0.1, 0.15) is 6.29 Å². The molecule has 4 nitrogen and oxygen atoms in total. The van der Waals surface area contributed by atoms with E-state index in [0.717, 1.165) is 4.90 Å². The van der Waals surface area contributed by atoms with Gasteiger partial charge in [-0.2, -0.15) is 0 Å². The quantitative estimate of drug-likeness (QED) is 0.446. The first-order valence-electron chi connectivity index (χ1n) is 5.23. The summed E-state index contributed by atoms with van der Waals surface area (Å²) in [5.74, 6) is -0.825. The van der Waals surface area contributed by atoms with Gasteiger partial charge in [0.25, 0.3) is 11.8 Å². The number of imide groups is 1. The molecule has 1 aromatic rings. The van der Waals surface area contributed by atoms with Crippen LogP contribution in [-0.4, -0.2) is 29.0 Å². The van der Waals surface area contributed by atoms with Gasteiger partial charge in [-0.3, -0.25) is 14.5 Å². The third kappa shape index (κ3) is 1.67. The van der Waals surface area contributed by atoms with Crippen molar-refractivity contribution in [3.05, 3.63) is 48.0 Å². The molecule has 2 amide bonds. The first-order chi connectivity index (χ1) is 8.20. The lowest BCUT2D eigenvalue weighted by Gasteiger charge is -2.19. The lowest BCUT2D eigenvalue weighted by atomic mass is 10.1. The van der Waals surface area contributed by atoms with Crippen LogP contribution in [0.15, 0.2) is 36.9 Å². The maximum absolute atomic E-state index is 12.0. The van der Waals surface area contributed by atoms with E-state index >= 15 is 0 Å². The first kappa shape index (κ1) is 11.3. The van der Waals surface area contributed by atoms with Crippen LogP contribution in [-0.2, 0) is 4.79 Å². The van der Waals surface area contributed by atoms with Crippen LogP contribution in [0.3, 0.4) is 0 Å². The summed E-state index contributed by atoms with van der Waals surface area (Å²) in [6.45, 7) is 3.51. The molecule has 0 bridgehead atoms. The van der Waals surface area contributed by atoms with Crippen LogP contribution in [0.25, 0.3) is 0 Å².